The maximum absolute atomic E-state index is 11.3. The summed E-state index contributed by atoms with van der Waals surface area (Å²) in [5.74, 6) is 0.838. The molecule has 0 N–H and O–H groups in total. The van der Waals surface area contributed by atoms with E-state index in [0.29, 0.717) is 53.9 Å². The second-order valence-corrected chi connectivity index (χ2v) is 7.35. The quantitative estimate of drug-likeness (QED) is 0.330. The highest BCUT2D eigenvalue weighted by atomic mass is 32.1. The van der Waals surface area contributed by atoms with E-state index in [-0.39, 0.29) is 16.3 Å². The van der Waals surface area contributed by atoms with Gasteiger partial charge in [0.25, 0.3) is 11.4 Å². The molecule has 1 saturated heterocycles. The highest BCUT2D eigenvalue weighted by molar-refractivity contribution is 7.80. The van der Waals surface area contributed by atoms with Crippen LogP contribution in [0.1, 0.15) is 5.76 Å². The van der Waals surface area contributed by atoms with Gasteiger partial charge in [-0.1, -0.05) is 36.5 Å². The van der Waals surface area contributed by atoms with Gasteiger partial charge in [-0.05, 0) is 24.3 Å². The minimum Gasteiger partial charge on any atom is -0.453 e. The minimum atomic E-state index is -0.447. The largest absolute Gasteiger partial charge is 0.453 e. The Balaban J connectivity index is 1.47. The van der Waals surface area contributed by atoms with Gasteiger partial charge in [-0.15, -0.1) is 0 Å². The Morgan fingerprint density at radius 3 is 2.13 bits per heavy atom. The molecule has 0 aliphatic carbocycles. The molecule has 1 fully saturated rings. The van der Waals surface area contributed by atoms with Crippen LogP contribution >= 0.6 is 12.2 Å². The van der Waals surface area contributed by atoms with Crippen LogP contribution in [0.2, 0.25) is 0 Å². The fourth-order valence-corrected chi connectivity index (χ4v) is 3.92. The Labute approximate surface area is 182 Å². The van der Waals surface area contributed by atoms with Crippen molar-refractivity contribution in [3.05, 3.63) is 86.7 Å². The summed E-state index contributed by atoms with van der Waals surface area (Å²) >= 11 is 5.58. The van der Waals surface area contributed by atoms with Gasteiger partial charge in [-0.2, -0.15) is 0 Å². The van der Waals surface area contributed by atoms with Gasteiger partial charge in [0.15, 0.2) is 5.76 Å². The lowest BCUT2D eigenvalue weighted by atomic mass is 10.1. The molecule has 0 unspecified atom stereocenters. The molecule has 1 aromatic heterocycles. The van der Waals surface area contributed by atoms with Crippen LogP contribution in [-0.4, -0.2) is 45.9 Å². The fourth-order valence-electron chi connectivity index (χ4n) is 3.63. The van der Waals surface area contributed by atoms with E-state index in [4.69, 9.17) is 16.6 Å². The average molecular weight is 438 g/mol. The van der Waals surface area contributed by atoms with Gasteiger partial charge in [-0.25, -0.2) is 0 Å². The van der Waals surface area contributed by atoms with Crippen LogP contribution in [-0.2, 0) is 0 Å². The average Bonchev–Trinajstić information content (AvgIpc) is 3.29. The Kier molecular flexibility index (Phi) is 5.63. The number of furan rings is 1. The first-order chi connectivity index (χ1) is 15.0. The molecule has 9 nitrogen and oxygen atoms in total. The van der Waals surface area contributed by atoms with Crippen molar-refractivity contribution in [2.24, 2.45) is 0 Å². The van der Waals surface area contributed by atoms with Crippen molar-refractivity contribution in [3.8, 4) is 11.3 Å². The molecule has 3 aromatic rings. The zero-order chi connectivity index (χ0) is 22.0. The van der Waals surface area contributed by atoms with Gasteiger partial charge in [0.2, 0.25) is 0 Å². The van der Waals surface area contributed by atoms with Crippen molar-refractivity contribution < 1.29 is 14.3 Å². The third-order valence-corrected chi connectivity index (χ3v) is 5.63. The number of anilines is 1. The third kappa shape index (κ3) is 4.10. The van der Waals surface area contributed by atoms with E-state index < -0.39 is 4.92 Å². The monoisotopic (exact) mass is 438 g/mol. The number of para-hydroxylation sites is 3. The number of piperazine rings is 1. The number of hydrogen-bond acceptors (Lipinski definition) is 7. The van der Waals surface area contributed by atoms with Crippen molar-refractivity contribution >= 4 is 34.3 Å². The maximum Gasteiger partial charge on any atom is 0.292 e. The lowest BCUT2D eigenvalue weighted by Crippen LogP contribution is -2.48. The molecule has 2 heterocycles. The SMILES string of the molecule is O=[N+]([O-])c1ccccc1-c1ccc(C(=S)N2CCN(c3ccccc3[N+](=O)[O-])CC2)o1. The normalized spacial score (nSPS) is 13.8. The molecule has 0 saturated carbocycles. The van der Waals surface area contributed by atoms with Gasteiger partial charge in [0.05, 0.1) is 15.4 Å². The van der Waals surface area contributed by atoms with Crippen LogP contribution in [0.25, 0.3) is 11.3 Å². The summed E-state index contributed by atoms with van der Waals surface area (Å²) in [4.78, 5) is 26.2. The molecule has 10 heteroatoms. The van der Waals surface area contributed by atoms with Gasteiger partial charge in [-0.3, -0.25) is 20.2 Å². The Bertz CT molecular complexity index is 1150. The first-order valence-corrected chi connectivity index (χ1v) is 9.98. The molecule has 0 bridgehead atoms. The lowest BCUT2D eigenvalue weighted by molar-refractivity contribution is -0.384. The van der Waals surface area contributed by atoms with E-state index in [1.165, 1.54) is 12.1 Å². The highest BCUT2D eigenvalue weighted by Crippen LogP contribution is 2.32. The first kappa shape index (κ1) is 20.5. The Morgan fingerprint density at radius 2 is 1.45 bits per heavy atom. The van der Waals surface area contributed by atoms with E-state index in [1.54, 1.807) is 48.5 Å². The predicted octanol–water partition coefficient (Wildman–Crippen LogP) is 4.26. The summed E-state index contributed by atoms with van der Waals surface area (Å²) < 4.78 is 5.85. The lowest BCUT2D eigenvalue weighted by Gasteiger charge is -2.36. The second-order valence-electron chi connectivity index (χ2n) is 6.96. The van der Waals surface area contributed by atoms with E-state index in [9.17, 15) is 20.2 Å². The molecule has 0 atom stereocenters. The van der Waals surface area contributed by atoms with Crippen LogP contribution in [0.15, 0.2) is 65.1 Å². The van der Waals surface area contributed by atoms with Crippen molar-refractivity contribution in [3.63, 3.8) is 0 Å². The summed E-state index contributed by atoms with van der Waals surface area (Å²) in [6.45, 7) is 2.30. The van der Waals surface area contributed by atoms with Crippen LogP contribution in [0.3, 0.4) is 0 Å². The van der Waals surface area contributed by atoms with Crippen LogP contribution in [0.4, 0.5) is 17.1 Å². The summed E-state index contributed by atoms with van der Waals surface area (Å²) in [6.07, 6.45) is 0. The molecule has 1 aliphatic rings. The molecule has 0 radical (unpaired) electrons. The third-order valence-electron chi connectivity index (χ3n) is 5.17. The van der Waals surface area contributed by atoms with Crippen molar-refractivity contribution in [2.75, 3.05) is 31.1 Å². The zero-order valence-electron chi connectivity index (χ0n) is 16.3. The standard InChI is InChI=1S/C21H18N4O5S/c26-24(27)16-6-2-1-5-15(16)19-9-10-20(30-19)21(31)23-13-11-22(12-14-23)17-7-3-4-8-18(17)25(28)29/h1-10H,11-14H2. The minimum absolute atomic E-state index is 0.0348. The van der Waals surface area contributed by atoms with Crippen molar-refractivity contribution in [2.45, 2.75) is 0 Å². The number of thiocarbonyl (C=S) groups is 1. The first-order valence-electron chi connectivity index (χ1n) is 9.57. The van der Waals surface area contributed by atoms with Crippen LogP contribution in [0, 0.1) is 20.2 Å². The van der Waals surface area contributed by atoms with Gasteiger partial charge < -0.3 is 14.2 Å². The number of rotatable bonds is 5. The summed E-state index contributed by atoms with van der Waals surface area (Å²) in [6, 6.07) is 16.4. The molecular weight excluding hydrogens is 420 g/mol. The number of nitrogens with zero attached hydrogens (tertiary/aromatic N) is 4. The molecule has 4 rings (SSSR count). The highest BCUT2D eigenvalue weighted by Gasteiger charge is 2.26. The maximum atomic E-state index is 11.3. The molecule has 158 valence electrons. The number of hydrogen-bond donors (Lipinski definition) is 0. The smallest absolute Gasteiger partial charge is 0.292 e. The zero-order valence-corrected chi connectivity index (χ0v) is 17.2. The number of nitro benzene ring substituents is 2. The summed E-state index contributed by atoms with van der Waals surface area (Å²) in [5, 5.41) is 22.6. The Morgan fingerprint density at radius 1 is 0.839 bits per heavy atom. The summed E-state index contributed by atoms with van der Waals surface area (Å²) in [5.41, 5.74) is 1.03. The topological polar surface area (TPSA) is 106 Å². The second kappa shape index (κ2) is 8.52. The molecule has 0 amide bonds. The van der Waals surface area contributed by atoms with Gasteiger partial charge >= 0.3 is 0 Å². The van der Waals surface area contributed by atoms with E-state index in [2.05, 4.69) is 0 Å². The molecule has 1 aliphatic heterocycles. The summed E-state index contributed by atoms with van der Waals surface area (Å²) in [7, 11) is 0. The molecule has 0 spiro atoms. The van der Waals surface area contributed by atoms with E-state index in [1.807, 2.05) is 9.80 Å². The predicted molar refractivity (Wildman–Crippen MR) is 119 cm³/mol. The van der Waals surface area contributed by atoms with Crippen LogP contribution in [0.5, 0.6) is 0 Å². The van der Waals surface area contributed by atoms with Crippen molar-refractivity contribution in [1.82, 2.24) is 4.90 Å². The van der Waals surface area contributed by atoms with Crippen molar-refractivity contribution in [1.29, 1.82) is 0 Å². The van der Waals surface area contributed by atoms with E-state index in [0.717, 1.165) is 0 Å². The van der Waals surface area contributed by atoms with Gasteiger partial charge in [0, 0.05) is 38.3 Å². The van der Waals surface area contributed by atoms with Crippen LogP contribution < -0.4 is 4.90 Å². The number of nitro groups is 2. The molecule has 31 heavy (non-hydrogen) atoms. The van der Waals surface area contributed by atoms with Gasteiger partial charge in [0.1, 0.15) is 16.4 Å². The number of benzene rings is 2. The molecule has 2 aromatic carbocycles. The fraction of sp³-hybridized carbons (Fsp3) is 0.190. The molecular formula is C21H18N4O5S. The Hall–Kier alpha value is -3.79. The van der Waals surface area contributed by atoms with E-state index >= 15 is 0 Å².